The Kier molecular flexibility index (Phi) is 5.83. The number of halogens is 1. The SMILES string of the molecule is CNc1cc(-c2nc(C3(O)CC3)n(CC[C@H]3C[C@@H](O)CC(=O)O3)c2-c2ccc(F)cc2)ccn1. The second kappa shape index (κ2) is 8.81. The number of nitrogens with one attached hydrogen (secondary N) is 1. The highest BCUT2D eigenvalue weighted by atomic mass is 19.1. The number of aliphatic hydroxyl groups excluding tert-OH is 1. The summed E-state index contributed by atoms with van der Waals surface area (Å²) in [5, 5.41) is 24.1. The first kappa shape index (κ1) is 22.5. The smallest absolute Gasteiger partial charge is 0.308 e. The zero-order valence-electron chi connectivity index (χ0n) is 18.9. The maximum atomic E-state index is 13.7. The number of aromatic nitrogens is 3. The first-order valence-corrected chi connectivity index (χ1v) is 11.5. The van der Waals surface area contributed by atoms with E-state index in [1.165, 1.54) is 12.1 Å². The van der Waals surface area contributed by atoms with Crippen LogP contribution >= 0.6 is 0 Å². The lowest BCUT2D eigenvalue weighted by Gasteiger charge is -2.26. The molecule has 1 aliphatic carbocycles. The Labute approximate surface area is 196 Å². The van der Waals surface area contributed by atoms with Gasteiger partial charge in [-0.25, -0.2) is 14.4 Å². The molecule has 0 amide bonds. The maximum Gasteiger partial charge on any atom is 0.308 e. The van der Waals surface area contributed by atoms with Gasteiger partial charge in [0.2, 0.25) is 0 Å². The molecule has 2 fully saturated rings. The van der Waals surface area contributed by atoms with E-state index < -0.39 is 23.8 Å². The Morgan fingerprint density at radius 3 is 2.68 bits per heavy atom. The van der Waals surface area contributed by atoms with Gasteiger partial charge >= 0.3 is 5.97 Å². The second-order valence-corrected chi connectivity index (χ2v) is 9.00. The lowest BCUT2D eigenvalue weighted by Crippen LogP contribution is -2.33. The number of hydrogen-bond acceptors (Lipinski definition) is 7. The lowest BCUT2D eigenvalue weighted by atomic mass is 10.0. The van der Waals surface area contributed by atoms with Crippen LogP contribution in [0.2, 0.25) is 0 Å². The van der Waals surface area contributed by atoms with E-state index in [-0.39, 0.29) is 12.2 Å². The molecule has 3 aromatic rings. The quantitative estimate of drug-likeness (QED) is 0.459. The molecular weight excluding hydrogens is 439 g/mol. The van der Waals surface area contributed by atoms with Crippen molar-refractivity contribution in [1.82, 2.24) is 14.5 Å². The molecular formula is C25H27FN4O4. The van der Waals surface area contributed by atoms with Crippen LogP contribution < -0.4 is 5.32 Å². The number of ether oxygens (including phenoxy) is 1. The van der Waals surface area contributed by atoms with E-state index in [2.05, 4.69) is 10.3 Å². The van der Waals surface area contributed by atoms with Gasteiger partial charge in [0.1, 0.15) is 29.2 Å². The van der Waals surface area contributed by atoms with Crippen LogP contribution in [0.3, 0.4) is 0 Å². The van der Waals surface area contributed by atoms with E-state index in [0.717, 1.165) is 16.8 Å². The zero-order valence-corrected chi connectivity index (χ0v) is 18.9. The van der Waals surface area contributed by atoms with Gasteiger partial charge in [0, 0.05) is 43.8 Å². The van der Waals surface area contributed by atoms with E-state index >= 15 is 0 Å². The van der Waals surface area contributed by atoms with Gasteiger partial charge in [0.05, 0.1) is 23.9 Å². The number of carbonyl (C=O) groups is 1. The number of cyclic esters (lactones) is 1. The summed E-state index contributed by atoms with van der Waals surface area (Å²) in [7, 11) is 1.78. The summed E-state index contributed by atoms with van der Waals surface area (Å²) in [5.41, 5.74) is 1.92. The summed E-state index contributed by atoms with van der Waals surface area (Å²) in [6, 6.07) is 9.90. The number of benzene rings is 1. The summed E-state index contributed by atoms with van der Waals surface area (Å²) < 4.78 is 21.1. The molecule has 2 aromatic heterocycles. The average Bonchev–Trinajstić information content (AvgIpc) is 3.44. The molecule has 3 heterocycles. The van der Waals surface area contributed by atoms with Crippen LogP contribution in [0.4, 0.5) is 10.2 Å². The summed E-state index contributed by atoms with van der Waals surface area (Å²) in [6.45, 7) is 0.409. The third-order valence-electron chi connectivity index (χ3n) is 6.42. The number of pyridine rings is 1. The molecule has 0 unspecified atom stereocenters. The van der Waals surface area contributed by atoms with Crippen molar-refractivity contribution in [1.29, 1.82) is 0 Å². The lowest BCUT2D eigenvalue weighted by molar-refractivity contribution is -0.160. The number of rotatable bonds is 7. The fourth-order valence-electron chi connectivity index (χ4n) is 4.50. The summed E-state index contributed by atoms with van der Waals surface area (Å²) in [4.78, 5) is 21.0. The van der Waals surface area contributed by atoms with E-state index in [4.69, 9.17) is 9.72 Å². The summed E-state index contributed by atoms with van der Waals surface area (Å²) in [6.07, 6.45) is 2.56. The predicted molar refractivity (Wildman–Crippen MR) is 123 cm³/mol. The topological polar surface area (TPSA) is 110 Å². The van der Waals surface area contributed by atoms with Crippen molar-refractivity contribution in [2.24, 2.45) is 0 Å². The van der Waals surface area contributed by atoms with Crippen LogP contribution in [0.5, 0.6) is 0 Å². The molecule has 1 aromatic carbocycles. The normalized spacial score (nSPS) is 21.2. The molecule has 178 valence electrons. The van der Waals surface area contributed by atoms with Crippen LogP contribution in [-0.2, 0) is 21.7 Å². The van der Waals surface area contributed by atoms with Gasteiger partial charge in [-0.2, -0.15) is 0 Å². The molecule has 1 saturated heterocycles. The van der Waals surface area contributed by atoms with Crippen molar-refractivity contribution in [3.05, 3.63) is 54.2 Å². The largest absolute Gasteiger partial charge is 0.462 e. The highest BCUT2D eigenvalue weighted by Crippen LogP contribution is 2.48. The molecule has 1 aliphatic heterocycles. The van der Waals surface area contributed by atoms with Gasteiger partial charge in [-0.05, 0) is 49.2 Å². The number of nitrogens with zero attached hydrogens (tertiary/aromatic N) is 3. The van der Waals surface area contributed by atoms with Crippen LogP contribution in [-0.4, -0.2) is 50.0 Å². The van der Waals surface area contributed by atoms with Gasteiger partial charge in [0.15, 0.2) is 0 Å². The minimum Gasteiger partial charge on any atom is -0.462 e. The van der Waals surface area contributed by atoms with Gasteiger partial charge in [0.25, 0.3) is 0 Å². The maximum absolute atomic E-state index is 13.7. The predicted octanol–water partition coefficient (Wildman–Crippen LogP) is 3.23. The fraction of sp³-hybridized carbons (Fsp3) is 0.400. The fourth-order valence-corrected chi connectivity index (χ4v) is 4.50. The van der Waals surface area contributed by atoms with Crippen molar-refractivity contribution in [3.63, 3.8) is 0 Å². The highest BCUT2D eigenvalue weighted by Gasteiger charge is 2.47. The molecule has 5 rings (SSSR count). The molecule has 8 nitrogen and oxygen atoms in total. The van der Waals surface area contributed by atoms with Crippen molar-refractivity contribution in [2.45, 2.75) is 56.5 Å². The molecule has 34 heavy (non-hydrogen) atoms. The third kappa shape index (κ3) is 4.41. The molecule has 0 bridgehead atoms. The molecule has 0 radical (unpaired) electrons. The minimum atomic E-state index is -1.03. The van der Waals surface area contributed by atoms with E-state index in [1.54, 1.807) is 25.4 Å². The number of esters is 1. The Hall–Kier alpha value is -3.30. The molecule has 1 saturated carbocycles. The highest BCUT2D eigenvalue weighted by molar-refractivity contribution is 5.80. The molecule has 2 atom stereocenters. The molecule has 3 N–H and O–H groups in total. The number of imidazole rings is 1. The van der Waals surface area contributed by atoms with Crippen LogP contribution in [0.1, 0.15) is 37.9 Å². The van der Waals surface area contributed by atoms with E-state index in [0.29, 0.717) is 49.6 Å². The number of anilines is 1. The van der Waals surface area contributed by atoms with Crippen LogP contribution in [0.25, 0.3) is 22.5 Å². The Morgan fingerprint density at radius 2 is 2.00 bits per heavy atom. The van der Waals surface area contributed by atoms with E-state index in [9.17, 15) is 19.4 Å². The average molecular weight is 467 g/mol. The summed E-state index contributed by atoms with van der Waals surface area (Å²) >= 11 is 0. The van der Waals surface area contributed by atoms with Crippen molar-refractivity contribution >= 4 is 11.8 Å². The van der Waals surface area contributed by atoms with Crippen molar-refractivity contribution in [2.75, 3.05) is 12.4 Å². The van der Waals surface area contributed by atoms with Crippen molar-refractivity contribution in [3.8, 4) is 22.5 Å². The van der Waals surface area contributed by atoms with Crippen LogP contribution in [0.15, 0.2) is 42.6 Å². The Bertz CT molecular complexity index is 1210. The minimum absolute atomic E-state index is 0.00734. The first-order valence-electron chi connectivity index (χ1n) is 11.5. The van der Waals surface area contributed by atoms with Crippen LogP contribution in [0, 0.1) is 5.82 Å². The van der Waals surface area contributed by atoms with Crippen molar-refractivity contribution < 1.29 is 24.1 Å². The standard InChI is InChI=1S/C25H27FN4O4/c1-27-20-12-16(6-10-28-20)22-23(15-2-4-17(26)5-3-15)30(24(29-22)25(33)8-9-25)11-7-19-13-18(31)14-21(32)34-19/h2-6,10,12,18-19,31,33H,7-9,11,13-14H2,1H3,(H,27,28)/t18-,19+/m1/s1. The molecule has 9 heteroatoms. The Morgan fingerprint density at radius 1 is 1.24 bits per heavy atom. The molecule has 0 spiro atoms. The number of carbonyl (C=O) groups excluding carboxylic acids is 1. The van der Waals surface area contributed by atoms with Gasteiger partial charge in [-0.1, -0.05) is 0 Å². The Balaban J connectivity index is 1.61. The number of hydrogen-bond donors (Lipinski definition) is 3. The second-order valence-electron chi connectivity index (χ2n) is 9.00. The third-order valence-corrected chi connectivity index (χ3v) is 6.42. The van der Waals surface area contributed by atoms with E-state index in [1.807, 2.05) is 16.7 Å². The van der Waals surface area contributed by atoms with Gasteiger partial charge < -0.3 is 24.8 Å². The first-order chi connectivity index (χ1) is 16.4. The number of aliphatic hydroxyl groups is 2. The monoisotopic (exact) mass is 466 g/mol. The van der Waals surface area contributed by atoms with Gasteiger partial charge in [-0.3, -0.25) is 4.79 Å². The molecule has 2 aliphatic rings. The summed E-state index contributed by atoms with van der Waals surface area (Å²) in [5.74, 6) is 0.451. The zero-order chi connectivity index (χ0) is 23.9. The van der Waals surface area contributed by atoms with Gasteiger partial charge in [-0.15, -0.1) is 0 Å².